The van der Waals surface area contributed by atoms with Crippen molar-refractivity contribution in [1.29, 1.82) is 0 Å². The largest absolute Gasteiger partial charge is 0.480 e. The lowest BCUT2D eigenvalue weighted by atomic mass is 9.82. The third kappa shape index (κ3) is 3.24. The van der Waals surface area contributed by atoms with Gasteiger partial charge in [0.2, 0.25) is 5.91 Å². The first-order valence-corrected chi connectivity index (χ1v) is 7.24. The summed E-state index contributed by atoms with van der Waals surface area (Å²) in [5.74, 6) is -1.26. The average molecular weight is 290 g/mol. The third-order valence-corrected chi connectivity index (χ3v) is 3.99. The zero-order valence-electron chi connectivity index (χ0n) is 12.6. The van der Waals surface area contributed by atoms with Gasteiger partial charge in [0.25, 0.3) is 0 Å². The summed E-state index contributed by atoms with van der Waals surface area (Å²) in [4.78, 5) is 23.4. The molecule has 1 aromatic carbocycles. The van der Waals surface area contributed by atoms with E-state index in [1.807, 2.05) is 32.0 Å². The highest BCUT2D eigenvalue weighted by Crippen LogP contribution is 2.29. The fraction of sp³-hybridized carbons (Fsp3) is 0.500. The topological polar surface area (TPSA) is 78.4 Å². The van der Waals surface area contributed by atoms with Crippen molar-refractivity contribution >= 4 is 11.9 Å². The first-order chi connectivity index (χ1) is 9.85. The molecule has 1 heterocycles. The number of carboxylic acids is 1. The number of carbonyl (C=O) groups is 2. The van der Waals surface area contributed by atoms with E-state index in [2.05, 4.69) is 16.7 Å². The van der Waals surface area contributed by atoms with Gasteiger partial charge >= 0.3 is 5.97 Å². The second kappa shape index (κ2) is 5.85. The van der Waals surface area contributed by atoms with Crippen LogP contribution in [-0.4, -0.2) is 29.1 Å². The zero-order chi connectivity index (χ0) is 15.6. The van der Waals surface area contributed by atoms with Crippen LogP contribution in [-0.2, 0) is 21.5 Å². The second-order valence-electron chi connectivity index (χ2n) is 5.99. The van der Waals surface area contributed by atoms with Crippen LogP contribution in [0.5, 0.6) is 0 Å². The fourth-order valence-electron chi connectivity index (χ4n) is 2.86. The number of benzene rings is 1. The number of hydrogen-bond acceptors (Lipinski definition) is 3. The van der Waals surface area contributed by atoms with Gasteiger partial charge in [-0.25, -0.2) is 4.79 Å². The van der Waals surface area contributed by atoms with E-state index in [0.29, 0.717) is 12.8 Å². The van der Waals surface area contributed by atoms with Crippen molar-refractivity contribution in [2.45, 2.75) is 51.2 Å². The Morgan fingerprint density at radius 3 is 2.71 bits per heavy atom. The van der Waals surface area contributed by atoms with Crippen LogP contribution in [0.25, 0.3) is 0 Å². The first kappa shape index (κ1) is 15.5. The van der Waals surface area contributed by atoms with E-state index in [4.69, 9.17) is 5.11 Å². The summed E-state index contributed by atoms with van der Waals surface area (Å²) in [6.07, 6.45) is 0.940. The summed E-state index contributed by atoms with van der Waals surface area (Å²) in [5, 5.41) is 15.0. The molecule has 0 bridgehead atoms. The van der Waals surface area contributed by atoms with Crippen LogP contribution < -0.4 is 10.6 Å². The molecule has 0 saturated heterocycles. The minimum atomic E-state index is -0.999. The smallest absolute Gasteiger partial charge is 0.326 e. The molecule has 0 fully saturated rings. The molecule has 1 aliphatic rings. The Balaban J connectivity index is 2.17. The van der Waals surface area contributed by atoms with E-state index < -0.39 is 18.1 Å². The molecule has 1 aromatic rings. The predicted octanol–water partition coefficient (Wildman–Crippen LogP) is 1.42. The summed E-state index contributed by atoms with van der Waals surface area (Å²) in [6, 6.07) is 6.78. The Hall–Kier alpha value is -1.88. The summed E-state index contributed by atoms with van der Waals surface area (Å²) >= 11 is 0. The van der Waals surface area contributed by atoms with Crippen LogP contribution in [0.1, 0.15) is 38.3 Å². The van der Waals surface area contributed by atoms with E-state index >= 15 is 0 Å². The van der Waals surface area contributed by atoms with E-state index in [0.717, 1.165) is 5.56 Å². The minimum absolute atomic E-state index is 0.258. The predicted molar refractivity (Wildman–Crippen MR) is 80.0 cm³/mol. The van der Waals surface area contributed by atoms with Crippen LogP contribution in [0, 0.1) is 0 Å². The molecule has 0 radical (unpaired) electrons. The first-order valence-electron chi connectivity index (χ1n) is 7.24. The van der Waals surface area contributed by atoms with Gasteiger partial charge in [-0.05, 0) is 37.8 Å². The molecule has 0 saturated carbocycles. The van der Waals surface area contributed by atoms with Gasteiger partial charge in [0, 0.05) is 5.54 Å². The van der Waals surface area contributed by atoms with Crippen LogP contribution in [0.4, 0.5) is 0 Å². The summed E-state index contributed by atoms with van der Waals surface area (Å²) < 4.78 is 0. The third-order valence-electron chi connectivity index (χ3n) is 3.99. The van der Waals surface area contributed by atoms with Crippen LogP contribution >= 0.6 is 0 Å². The SMILES string of the molecule is CC[C@H](NC(=O)[C@@H]1Cc2ccccc2C(C)(C)N1)C(=O)O. The molecule has 0 aliphatic carbocycles. The van der Waals surface area contributed by atoms with Crippen molar-refractivity contribution in [3.63, 3.8) is 0 Å². The highest BCUT2D eigenvalue weighted by atomic mass is 16.4. The van der Waals surface area contributed by atoms with Gasteiger partial charge in [0.05, 0.1) is 6.04 Å². The Labute approximate surface area is 124 Å². The average Bonchev–Trinajstić information content (AvgIpc) is 2.43. The standard InChI is InChI=1S/C16H22N2O3/c1-4-12(15(20)21)17-14(19)13-9-10-7-5-6-8-11(10)16(2,3)18-13/h5-8,12-13,18H,4,9H2,1-3H3,(H,17,19)(H,20,21)/t12-,13-/m0/s1. The quantitative estimate of drug-likeness (QED) is 0.783. The molecule has 5 nitrogen and oxygen atoms in total. The normalized spacial score (nSPS) is 21.2. The van der Waals surface area contributed by atoms with Gasteiger partial charge in [-0.3, -0.25) is 10.1 Å². The molecule has 0 spiro atoms. The van der Waals surface area contributed by atoms with E-state index in [-0.39, 0.29) is 11.4 Å². The molecule has 3 N–H and O–H groups in total. The van der Waals surface area contributed by atoms with Gasteiger partial charge in [-0.15, -0.1) is 0 Å². The lowest BCUT2D eigenvalue weighted by Gasteiger charge is -2.38. The molecule has 0 aromatic heterocycles. The van der Waals surface area contributed by atoms with Crippen LogP contribution in [0.15, 0.2) is 24.3 Å². The van der Waals surface area contributed by atoms with Gasteiger partial charge in [-0.1, -0.05) is 31.2 Å². The molecule has 5 heteroatoms. The number of nitrogens with one attached hydrogen (secondary N) is 2. The molecule has 1 aliphatic heterocycles. The molecular weight excluding hydrogens is 268 g/mol. The molecular formula is C16H22N2O3. The summed E-state index contributed by atoms with van der Waals surface area (Å²) in [7, 11) is 0. The van der Waals surface area contributed by atoms with Gasteiger partial charge < -0.3 is 10.4 Å². The maximum absolute atomic E-state index is 12.3. The Kier molecular flexibility index (Phi) is 4.32. The number of carbonyl (C=O) groups excluding carboxylic acids is 1. The van der Waals surface area contributed by atoms with Crippen molar-refractivity contribution in [2.24, 2.45) is 0 Å². The Bertz CT molecular complexity index is 554. The number of fused-ring (bicyclic) bond motifs is 1. The lowest BCUT2D eigenvalue weighted by Crippen LogP contribution is -2.57. The highest BCUT2D eigenvalue weighted by molar-refractivity contribution is 5.87. The van der Waals surface area contributed by atoms with Crippen molar-refractivity contribution in [1.82, 2.24) is 10.6 Å². The maximum Gasteiger partial charge on any atom is 0.326 e. The van der Waals surface area contributed by atoms with Crippen LogP contribution in [0.2, 0.25) is 0 Å². The summed E-state index contributed by atoms with van der Waals surface area (Å²) in [5.41, 5.74) is 1.99. The zero-order valence-corrected chi connectivity index (χ0v) is 12.6. The van der Waals surface area contributed by atoms with E-state index in [1.54, 1.807) is 6.92 Å². The Morgan fingerprint density at radius 2 is 2.10 bits per heavy atom. The molecule has 21 heavy (non-hydrogen) atoms. The molecule has 2 atom stereocenters. The van der Waals surface area contributed by atoms with Crippen molar-refractivity contribution in [2.75, 3.05) is 0 Å². The van der Waals surface area contributed by atoms with Gasteiger partial charge in [0.15, 0.2) is 0 Å². The maximum atomic E-state index is 12.3. The van der Waals surface area contributed by atoms with Crippen LogP contribution in [0.3, 0.4) is 0 Å². The molecule has 114 valence electrons. The van der Waals surface area contributed by atoms with Crippen molar-refractivity contribution in [3.05, 3.63) is 35.4 Å². The molecule has 1 amide bonds. The van der Waals surface area contributed by atoms with Crippen molar-refractivity contribution < 1.29 is 14.7 Å². The number of carboxylic acid groups (broad SMARTS) is 1. The lowest BCUT2D eigenvalue weighted by molar-refractivity contribution is -0.142. The highest BCUT2D eigenvalue weighted by Gasteiger charge is 2.35. The number of rotatable bonds is 4. The summed E-state index contributed by atoms with van der Waals surface area (Å²) in [6.45, 7) is 5.80. The van der Waals surface area contributed by atoms with E-state index in [9.17, 15) is 9.59 Å². The fourth-order valence-corrected chi connectivity index (χ4v) is 2.86. The van der Waals surface area contributed by atoms with E-state index in [1.165, 1.54) is 5.56 Å². The monoisotopic (exact) mass is 290 g/mol. The second-order valence-corrected chi connectivity index (χ2v) is 5.99. The number of aliphatic carboxylic acids is 1. The van der Waals surface area contributed by atoms with Gasteiger partial charge in [-0.2, -0.15) is 0 Å². The minimum Gasteiger partial charge on any atom is -0.480 e. The van der Waals surface area contributed by atoms with Crippen molar-refractivity contribution in [3.8, 4) is 0 Å². The molecule has 0 unspecified atom stereocenters. The Morgan fingerprint density at radius 1 is 1.43 bits per heavy atom. The number of amides is 1. The van der Waals surface area contributed by atoms with Gasteiger partial charge in [0.1, 0.15) is 6.04 Å². The number of hydrogen-bond donors (Lipinski definition) is 3. The molecule has 2 rings (SSSR count).